The molecule has 142 valence electrons. The van der Waals surface area contributed by atoms with Crippen molar-refractivity contribution >= 4 is 20.1 Å². The van der Waals surface area contributed by atoms with E-state index < -0.39 is 20.1 Å². The van der Waals surface area contributed by atoms with Crippen LogP contribution in [0.15, 0.2) is 59.5 Å². The van der Waals surface area contributed by atoms with Gasteiger partial charge in [0.1, 0.15) is 5.75 Å². The molecule has 0 atom stereocenters. The summed E-state index contributed by atoms with van der Waals surface area (Å²) in [6.45, 7) is 2.62. The van der Waals surface area contributed by atoms with Gasteiger partial charge in [0.05, 0.1) is 11.2 Å². The van der Waals surface area contributed by atoms with Crippen molar-refractivity contribution in [2.45, 2.75) is 31.2 Å². The molecule has 0 aromatic heterocycles. The molecule has 2 rings (SSSR count). The minimum atomic E-state index is -3.60. The predicted octanol–water partition coefficient (Wildman–Crippen LogP) is 3.02. The van der Waals surface area contributed by atoms with Crippen LogP contribution in [0.4, 0.5) is 0 Å². The molecular formula is C18H23NO5S2. The van der Waals surface area contributed by atoms with E-state index in [1.54, 1.807) is 42.5 Å². The monoisotopic (exact) mass is 397 g/mol. The van der Waals surface area contributed by atoms with E-state index in [1.165, 1.54) is 16.4 Å². The molecule has 0 heterocycles. The highest BCUT2D eigenvalue weighted by Crippen LogP contribution is 2.21. The van der Waals surface area contributed by atoms with Crippen molar-refractivity contribution in [3.63, 3.8) is 0 Å². The Morgan fingerprint density at radius 1 is 0.923 bits per heavy atom. The highest BCUT2D eigenvalue weighted by atomic mass is 32.2. The molecule has 0 spiro atoms. The first-order chi connectivity index (χ1) is 12.2. The second-order valence-electron chi connectivity index (χ2n) is 5.94. The van der Waals surface area contributed by atoms with Crippen LogP contribution in [0.3, 0.4) is 0 Å². The first-order valence-corrected chi connectivity index (χ1v) is 11.5. The van der Waals surface area contributed by atoms with Crippen LogP contribution in [-0.2, 0) is 26.7 Å². The van der Waals surface area contributed by atoms with Crippen LogP contribution in [0, 0.1) is 0 Å². The van der Waals surface area contributed by atoms with E-state index in [4.69, 9.17) is 4.18 Å². The maximum Gasteiger partial charge on any atom is 0.306 e. The first kappa shape index (κ1) is 20.4. The lowest BCUT2D eigenvalue weighted by molar-refractivity contribution is 0.398. The Bertz CT molecular complexity index is 908. The van der Waals surface area contributed by atoms with Gasteiger partial charge in [-0.1, -0.05) is 43.7 Å². The highest BCUT2D eigenvalue weighted by molar-refractivity contribution is 7.89. The molecule has 2 aromatic rings. The smallest absolute Gasteiger partial charge is 0.306 e. The summed E-state index contributed by atoms with van der Waals surface area (Å²) in [7, 11) is -7.19. The Kier molecular flexibility index (Phi) is 6.80. The molecule has 0 unspecified atom stereocenters. The third kappa shape index (κ3) is 5.82. The predicted molar refractivity (Wildman–Crippen MR) is 101 cm³/mol. The lowest BCUT2D eigenvalue weighted by Crippen LogP contribution is -2.31. The van der Waals surface area contributed by atoms with E-state index in [0.717, 1.165) is 24.7 Å². The standard InChI is InChI=1S/C18H23NO5S2/c1-3-4-14-19(26(22,23)18-8-6-5-7-9-18)15-16-10-12-17(13-11-16)24-25(2,20)21/h5-13H,3-4,14-15H2,1-2H3. The van der Waals surface area contributed by atoms with Crippen LogP contribution in [-0.4, -0.2) is 33.9 Å². The van der Waals surface area contributed by atoms with Crippen LogP contribution in [0.2, 0.25) is 0 Å². The van der Waals surface area contributed by atoms with Crippen molar-refractivity contribution < 1.29 is 21.0 Å². The fraction of sp³-hybridized carbons (Fsp3) is 0.333. The summed E-state index contributed by atoms with van der Waals surface area (Å²) in [6.07, 6.45) is 2.60. The first-order valence-electron chi connectivity index (χ1n) is 8.26. The van der Waals surface area contributed by atoms with Gasteiger partial charge in [0.25, 0.3) is 0 Å². The van der Waals surface area contributed by atoms with Crippen molar-refractivity contribution in [3.05, 3.63) is 60.2 Å². The minimum Gasteiger partial charge on any atom is -0.383 e. The maximum atomic E-state index is 12.9. The fourth-order valence-electron chi connectivity index (χ4n) is 2.39. The average molecular weight is 398 g/mol. The molecule has 0 radical (unpaired) electrons. The zero-order valence-electron chi connectivity index (χ0n) is 14.8. The van der Waals surface area contributed by atoms with E-state index >= 15 is 0 Å². The van der Waals surface area contributed by atoms with Gasteiger partial charge in [-0.3, -0.25) is 0 Å². The van der Waals surface area contributed by atoms with Crippen molar-refractivity contribution in [1.29, 1.82) is 0 Å². The third-order valence-corrected chi connectivity index (χ3v) is 6.03. The summed E-state index contributed by atoms with van der Waals surface area (Å²) < 4.78 is 54.4. The number of unbranched alkanes of at least 4 members (excludes halogenated alkanes) is 1. The molecule has 0 amide bonds. The van der Waals surface area contributed by atoms with E-state index in [-0.39, 0.29) is 17.2 Å². The van der Waals surface area contributed by atoms with Crippen molar-refractivity contribution in [1.82, 2.24) is 4.31 Å². The molecular weight excluding hydrogens is 374 g/mol. The largest absolute Gasteiger partial charge is 0.383 e. The van der Waals surface area contributed by atoms with Crippen LogP contribution in [0.5, 0.6) is 5.75 Å². The molecule has 0 saturated carbocycles. The third-order valence-electron chi connectivity index (χ3n) is 3.67. The SMILES string of the molecule is CCCCN(Cc1ccc(OS(C)(=O)=O)cc1)S(=O)(=O)c1ccccc1. The Morgan fingerprint density at radius 3 is 2.08 bits per heavy atom. The summed E-state index contributed by atoms with van der Waals surface area (Å²) in [6, 6.07) is 14.7. The van der Waals surface area contributed by atoms with Crippen molar-refractivity contribution in [2.24, 2.45) is 0 Å². The highest BCUT2D eigenvalue weighted by Gasteiger charge is 2.24. The molecule has 0 saturated heterocycles. The summed E-state index contributed by atoms with van der Waals surface area (Å²) in [5.74, 6) is 0.197. The summed E-state index contributed by atoms with van der Waals surface area (Å²) in [5, 5.41) is 0. The van der Waals surface area contributed by atoms with Crippen molar-refractivity contribution in [3.8, 4) is 5.75 Å². The molecule has 8 heteroatoms. The second kappa shape index (κ2) is 8.66. The second-order valence-corrected chi connectivity index (χ2v) is 9.45. The van der Waals surface area contributed by atoms with Gasteiger partial charge in [-0.05, 0) is 36.2 Å². The Balaban J connectivity index is 2.23. The molecule has 6 nitrogen and oxygen atoms in total. The van der Waals surface area contributed by atoms with Crippen LogP contribution in [0.1, 0.15) is 25.3 Å². The minimum absolute atomic E-state index is 0.197. The molecule has 2 aromatic carbocycles. The fourth-order valence-corrected chi connectivity index (χ4v) is 4.34. The zero-order chi connectivity index (χ0) is 19.2. The molecule has 0 bridgehead atoms. The average Bonchev–Trinajstić information content (AvgIpc) is 2.59. The maximum absolute atomic E-state index is 12.9. The molecule has 0 N–H and O–H groups in total. The summed E-state index contributed by atoms with van der Waals surface area (Å²) in [5.41, 5.74) is 0.751. The number of nitrogens with zero attached hydrogens (tertiary/aromatic N) is 1. The van der Waals surface area contributed by atoms with Gasteiger partial charge in [0, 0.05) is 13.1 Å². The zero-order valence-corrected chi connectivity index (χ0v) is 16.5. The van der Waals surface area contributed by atoms with Crippen molar-refractivity contribution in [2.75, 3.05) is 12.8 Å². The Labute approximate surface area is 155 Å². The Morgan fingerprint density at radius 2 is 1.54 bits per heavy atom. The molecule has 26 heavy (non-hydrogen) atoms. The number of benzene rings is 2. The molecule has 0 fully saturated rings. The van der Waals surface area contributed by atoms with Crippen LogP contribution >= 0.6 is 0 Å². The van der Waals surface area contributed by atoms with Gasteiger partial charge >= 0.3 is 10.1 Å². The van der Waals surface area contributed by atoms with E-state index in [0.29, 0.717) is 6.54 Å². The number of sulfonamides is 1. The van der Waals surface area contributed by atoms with Gasteiger partial charge in [-0.15, -0.1) is 0 Å². The van der Waals surface area contributed by atoms with Gasteiger partial charge in [0.2, 0.25) is 10.0 Å². The van der Waals surface area contributed by atoms with Crippen LogP contribution in [0.25, 0.3) is 0 Å². The number of hydrogen-bond acceptors (Lipinski definition) is 5. The molecule has 0 aliphatic heterocycles. The lowest BCUT2D eigenvalue weighted by atomic mass is 10.2. The van der Waals surface area contributed by atoms with Gasteiger partial charge in [0.15, 0.2) is 0 Å². The van der Waals surface area contributed by atoms with Gasteiger partial charge in [-0.25, -0.2) is 8.42 Å². The molecule has 0 aliphatic carbocycles. The van der Waals surface area contributed by atoms with Gasteiger partial charge < -0.3 is 4.18 Å². The topological polar surface area (TPSA) is 80.8 Å². The lowest BCUT2D eigenvalue weighted by Gasteiger charge is -2.22. The van der Waals surface area contributed by atoms with Crippen LogP contribution < -0.4 is 4.18 Å². The summed E-state index contributed by atoms with van der Waals surface area (Å²) >= 11 is 0. The van der Waals surface area contributed by atoms with E-state index in [9.17, 15) is 16.8 Å². The summed E-state index contributed by atoms with van der Waals surface area (Å²) in [4.78, 5) is 0.258. The number of rotatable bonds is 9. The van der Waals surface area contributed by atoms with E-state index in [1.807, 2.05) is 6.92 Å². The normalized spacial score (nSPS) is 12.3. The number of hydrogen-bond donors (Lipinski definition) is 0. The Hall–Kier alpha value is -1.90. The quantitative estimate of drug-likeness (QED) is 0.608. The molecule has 0 aliphatic rings. The van der Waals surface area contributed by atoms with Gasteiger partial charge in [-0.2, -0.15) is 12.7 Å². The van der Waals surface area contributed by atoms with E-state index in [2.05, 4.69) is 0 Å².